The van der Waals surface area contributed by atoms with Gasteiger partial charge in [0.15, 0.2) is 0 Å². The van der Waals surface area contributed by atoms with Crippen molar-refractivity contribution in [2.75, 3.05) is 11.5 Å². The van der Waals surface area contributed by atoms with Crippen molar-refractivity contribution >= 4 is 69.9 Å². The molecule has 8 heteroatoms. The molecule has 6 nitrogen and oxygen atoms in total. The number of fused-ring (bicyclic) bond motifs is 2. The number of hydrogen-bond acceptors (Lipinski definition) is 6. The second-order valence-electron chi connectivity index (χ2n) is 14.0. The number of aromatic hydroxyl groups is 2. The van der Waals surface area contributed by atoms with E-state index < -0.39 is 11.9 Å². The van der Waals surface area contributed by atoms with Crippen molar-refractivity contribution in [3.8, 4) is 11.5 Å². The SMILES string of the molecule is Cc1ccc(C2=C(c3ccc(/C=C/C(=O)O)cc3)c3ccc(C)cc3SC2)cc1.O=C(O)/C=C/c1ccc(C2=C(c3ccc(O)cc3)CSc3cc(O)ccc32)cc1. The standard InChI is InChI=1S/C26H22O2S.C24H18O4S/c1-17-3-9-20(10-4-17)23-16-29-24-15-18(2)5-13-22(24)26(23)21-11-6-19(7-12-21)8-14-25(27)28;25-18-8-6-16(7-9-18)21-14-29-22-13-19(26)10-11-20(22)24(21)17-4-1-15(2-5-17)3-12-23(27)28/h3-15H,16H2,1-2H3,(H,27,28);1-13,25-26H,14H2,(H,27,28)/b14-8+;12-3+. The molecule has 8 rings (SSSR count). The number of carboxylic acids is 2. The first-order valence-corrected chi connectivity index (χ1v) is 20.5. The number of aryl methyl sites for hydroxylation is 2. The summed E-state index contributed by atoms with van der Waals surface area (Å²) in [6.45, 7) is 4.24. The summed E-state index contributed by atoms with van der Waals surface area (Å²) in [6.07, 6.45) is 5.46. The first kappa shape index (κ1) is 39.7. The zero-order valence-corrected chi connectivity index (χ0v) is 33.5. The Labute approximate surface area is 346 Å². The molecule has 58 heavy (non-hydrogen) atoms. The van der Waals surface area contributed by atoms with Gasteiger partial charge in [-0.3, -0.25) is 0 Å². The smallest absolute Gasteiger partial charge is 0.328 e. The van der Waals surface area contributed by atoms with E-state index in [9.17, 15) is 19.8 Å². The molecule has 0 saturated heterocycles. The fraction of sp³-hybridized carbons (Fsp3) is 0.0800. The highest BCUT2D eigenvalue weighted by Gasteiger charge is 2.24. The van der Waals surface area contributed by atoms with Crippen LogP contribution in [0.5, 0.6) is 11.5 Å². The van der Waals surface area contributed by atoms with E-state index in [2.05, 4.69) is 68.4 Å². The van der Waals surface area contributed by atoms with Gasteiger partial charge >= 0.3 is 11.9 Å². The minimum absolute atomic E-state index is 0.222. The Bertz CT molecular complexity index is 2430. The lowest BCUT2D eigenvalue weighted by atomic mass is 9.89. The van der Waals surface area contributed by atoms with E-state index >= 15 is 0 Å². The van der Waals surface area contributed by atoms with E-state index in [1.807, 2.05) is 66.4 Å². The average molecular weight is 801 g/mol. The molecule has 288 valence electrons. The molecular weight excluding hydrogens is 761 g/mol. The van der Waals surface area contributed by atoms with Crippen molar-refractivity contribution in [1.82, 2.24) is 0 Å². The van der Waals surface area contributed by atoms with Gasteiger partial charge in [-0.05, 0) is 135 Å². The van der Waals surface area contributed by atoms with Gasteiger partial charge in [-0.1, -0.05) is 103 Å². The summed E-state index contributed by atoms with van der Waals surface area (Å²) in [6, 6.07) is 43.8. The lowest BCUT2D eigenvalue weighted by Gasteiger charge is -2.24. The van der Waals surface area contributed by atoms with E-state index in [1.54, 1.807) is 48.2 Å². The van der Waals surface area contributed by atoms with Gasteiger partial charge in [-0.15, -0.1) is 23.5 Å². The number of carbonyl (C=O) groups is 2. The number of phenolic OH excluding ortho intramolecular Hbond substituents is 2. The number of thioether (sulfide) groups is 2. The van der Waals surface area contributed by atoms with Gasteiger partial charge in [0.25, 0.3) is 0 Å². The number of hydrogen-bond donors (Lipinski definition) is 4. The molecule has 0 saturated carbocycles. The van der Waals surface area contributed by atoms with Gasteiger partial charge in [-0.2, -0.15) is 0 Å². The largest absolute Gasteiger partial charge is 0.508 e. The molecule has 0 aromatic heterocycles. The van der Waals surface area contributed by atoms with Crippen LogP contribution >= 0.6 is 23.5 Å². The number of aliphatic carboxylic acids is 2. The van der Waals surface area contributed by atoms with Crippen LogP contribution < -0.4 is 0 Å². The molecule has 2 aliphatic heterocycles. The number of phenols is 2. The minimum Gasteiger partial charge on any atom is -0.508 e. The third-order valence-corrected chi connectivity index (χ3v) is 12.0. The summed E-state index contributed by atoms with van der Waals surface area (Å²) in [5, 5.41) is 37.2. The van der Waals surface area contributed by atoms with Crippen LogP contribution in [0.25, 0.3) is 34.4 Å². The molecule has 0 atom stereocenters. The molecule has 6 aromatic rings. The maximum Gasteiger partial charge on any atom is 0.328 e. The second-order valence-corrected chi connectivity index (χ2v) is 16.0. The fourth-order valence-electron chi connectivity index (χ4n) is 6.95. The van der Waals surface area contributed by atoms with Gasteiger partial charge in [0.1, 0.15) is 11.5 Å². The van der Waals surface area contributed by atoms with Crippen molar-refractivity contribution in [3.05, 3.63) is 201 Å². The van der Waals surface area contributed by atoms with Crippen molar-refractivity contribution in [2.45, 2.75) is 23.6 Å². The van der Waals surface area contributed by atoms with Gasteiger partial charge in [-0.25, -0.2) is 9.59 Å². The molecule has 0 fully saturated rings. The predicted octanol–water partition coefficient (Wildman–Crippen LogP) is 11.7. The highest BCUT2D eigenvalue weighted by molar-refractivity contribution is 8.00. The topological polar surface area (TPSA) is 115 Å². The zero-order valence-electron chi connectivity index (χ0n) is 31.8. The van der Waals surface area contributed by atoms with E-state index in [1.165, 1.54) is 44.4 Å². The molecule has 2 aliphatic rings. The molecular formula is C50H40O6S2. The Morgan fingerprint density at radius 3 is 1.36 bits per heavy atom. The van der Waals surface area contributed by atoms with Crippen LogP contribution in [0.15, 0.2) is 155 Å². The van der Waals surface area contributed by atoms with Crippen LogP contribution in [0.4, 0.5) is 0 Å². The van der Waals surface area contributed by atoms with Crippen molar-refractivity contribution in [2.24, 2.45) is 0 Å². The van der Waals surface area contributed by atoms with Crippen molar-refractivity contribution in [3.63, 3.8) is 0 Å². The zero-order chi connectivity index (χ0) is 40.8. The van der Waals surface area contributed by atoms with E-state index in [4.69, 9.17) is 10.2 Å². The summed E-state index contributed by atoms with van der Waals surface area (Å²) in [7, 11) is 0. The fourth-order valence-corrected chi connectivity index (χ4v) is 9.30. The van der Waals surface area contributed by atoms with Gasteiger partial charge in [0, 0.05) is 33.4 Å². The quantitative estimate of drug-likeness (QED) is 0.113. The second kappa shape index (κ2) is 17.8. The number of rotatable bonds is 8. The summed E-state index contributed by atoms with van der Waals surface area (Å²) >= 11 is 3.55. The highest BCUT2D eigenvalue weighted by atomic mass is 32.2. The number of benzene rings is 6. The Balaban J connectivity index is 0.000000177. The Morgan fingerprint density at radius 2 is 0.879 bits per heavy atom. The van der Waals surface area contributed by atoms with E-state index in [0.29, 0.717) is 0 Å². The molecule has 0 radical (unpaired) electrons. The maximum absolute atomic E-state index is 10.8. The van der Waals surface area contributed by atoms with Crippen LogP contribution in [0, 0.1) is 13.8 Å². The molecule has 6 aromatic carbocycles. The van der Waals surface area contributed by atoms with Crippen LogP contribution in [-0.4, -0.2) is 43.9 Å². The molecule has 0 unspecified atom stereocenters. The van der Waals surface area contributed by atoms with E-state index in [-0.39, 0.29) is 11.5 Å². The maximum atomic E-state index is 10.8. The Hall–Kier alpha value is -6.48. The summed E-state index contributed by atoms with van der Waals surface area (Å²) in [4.78, 5) is 23.8. The normalized spacial score (nSPS) is 13.6. The molecule has 0 spiro atoms. The first-order valence-electron chi connectivity index (χ1n) is 18.6. The lowest BCUT2D eigenvalue weighted by molar-refractivity contribution is -0.132. The average Bonchev–Trinajstić information content (AvgIpc) is 3.22. The molecule has 0 bridgehead atoms. The summed E-state index contributed by atoms with van der Waals surface area (Å²) < 4.78 is 0. The van der Waals surface area contributed by atoms with Crippen LogP contribution in [0.2, 0.25) is 0 Å². The highest BCUT2D eigenvalue weighted by Crippen LogP contribution is 2.46. The van der Waals surface area contributed by atoms with Gasteiger partial charge in [0.2, 0.25) is 0 Å². The summed E-state index contributed by atoms with van der Waals surface area (Å²) in [5.74, 6) is 0.195. The summed E-state index contributed by atoms with van der Waals surface area (Å²) in [5.41, 5.74) is 15.7. The van der Waals surface area contributed by atoms with Crippen molar-refractivity contribution in [1.29, 1.82) is 0 Å². The van der Waals surface area contributed by atoms with Crippen LogP contribution in [0.3, 0.4) is 0 Å². The third-order valence-electron chi connectivity index (χ3n) is 9.84. The van der Waals surface area contributed by atoms with Gasteiger partial charge in [0.05, 0.1) is 0 Å². The molecule has 4 N–H and O–H groups in total. The first-order chi connectivity index (χ1) is 28.0. The Kier molecular flexibility index (Phi) is 12.2. The van der Waals surface area contributed by atoms with Gasteiger partial charge < -0.3 is 20.4 Å². The number of carboxylic acid groups (broad SMARTS) is 2. The van der Waals surface area contributed by atoms with Crippen LogP contribution in [-0.2, 0) is 9.59 Å². The Morgan fingerprint density at radius 1 is 0.483 bits per heavy atom. The monoisotopic (exact) mass is 800 g/mol. The molecule has 0 aliphatic carbocycles. The predicted molar refractivity (Wildman–Crippen MR) is 238 cm³/mol. The molecule has 2 heterocycles. The van der Waals surface area contributed by atoms with E-state index in [0.717, 1.165) is 67.0 Å². The minimum atomic E-state index is -0.982. The van der Waals surface area contributed by atoms with Crippen LogP contribution in [0.1, 0.15) is 55.6 Å². The van der Waals surface area contributed by atoms with Crippen molar-refractivity contribution < 1.29 is 30.0 Å². The lowest BCUT2D eigenvalue weighted by Crippen LogP contribution is -2.04. The third kappa shape index (κ3) is 9.37. The molecule has 0 amide bonds.